The SMILES string of the molecule is COc1cc(C=Nc2ccc(C)c(Cl)c2)cc(I)c1Oc1ccc([N+](=O)[O-])cc1[N+](=O)[O-]. The Kier molecular flexibility index (Phi) is 7.26. The second-order valence-corrected chi connectivity index (χ2v) is 8.06. The normalized spacial score (nSPS) is 10.9. The molecule has 11 heteroatoms. The maximum absolute atomic E-state index is 11.4. The molecule has 0 radical (unpaired) electrons. The summed E-state index contributed by atoms with van der Waals surface area (Å²) < 4.78 is 11.7. The number of hydrogen-bond donors (Lipinski definition) is 0. The van der Waals surface area contributed by atoms with Crippen molar-refractivity contribution in [3.63, 3.8) is 0 Å². The van der Waals surface area contributed by atoms with E-state index in [1.807, 2.05) is 41.6 Å². The van der Waals surface area contributed by atoms with Crippen LogP contribution in [-0.4, -0.2) is 23.2 Å². The summed E-state index contributed by atoms with van der Waals surface area (Å²) in [6.45, 7) is 1.90. The second kappa shape index (κ2) is 9.92. The Balaban J connectivity index is 1.95. The third-order valence-corrected chi connectivity index (χ3v) is 5.54. The van der Waals surface area contributed by atoms with Crippen LogP contribution in [0.15, 0.2) is 53.5 Å². The molecule has 0 saturated heterocycles. The van der Waals surface area contributed by atoms with Crippen LogP contribution in [0.3, 0.4) is 0 Å². The van der Waals surface area contributed by atoms with Crippen molar-refractivity contribution in [2.24, 2.45) is 4.99 Å². The largest absolute Gasteiger partial charge is 0.493 e. The third-order valence-electron chi connectivity index (χ3n) is 4.33. The maximum atomic E-state index is 11.4. The first-order valence-electron chi connectivity index (χ1n) is 8.98. The molecule has 0 spiro atoms. The number of nitrogens with zero attached hydrogens (tertiary/aromatic N) is 3. The maximum Gasteiger partial charge on any atom is 0.318 e. The first kappa shape index (κ1) is 23.4. The third kappa shape index (κ3) is 5.32. The van der Waals surface area contributed by atoms with Crippen molar-refractivity contribution >= 4 is 57.5 Å². The van der Waals surface area contributed by atoms with Crippen molar-refractivity contribution in [3.05, 3.63) is 88.5 Å². The number of aryl methyl sites for hydroxylation is 1. The average molecular weight is 568 g/mol. The standard InChI is InChI=1S/C21H15ClIN3O6/c1-12-3-4-14(9-16(12)22)24-11-13-7-17(23)21(20(8-13)31-2)32-19-6-5-15(25(27)28)10-18(19)26(29)30/h3-11H,1-2H3. The summed E-state index contributed by atoms with van der Waals surface area (Å²) in [5, 5.41) is 22.9. The van der Waals surface area contributed by atoms with Crippen LogP contribution in [0.4, 0.5) is 17.1 Å². The molecule has 164 valence electrons. The molecule has 0 saturated carbocycles. The number of hydrogen-bond acceptors (Lipinski definition) is 7. The molecular weight excluding hydrogens is 553 g/mol. The van der Waals surface area contributed by atoms with Crippen molar-refractivity contribution < 1.29 is 19.3 Å². The highest BCUT2D eigenvalue weighted by Gasteiger charge is 2.23. The average Bonchev–Trinajstić information content (AvgIpc) is 2.75. The molecule has 0 aromatic heterocycles. The van der Waals surface area contributed by atoms with Gasteiger partial charge in [0.2, 0.25) is 5.75 Å². The van der Waals surface area contributed by atoms with Gasteiger partial charge in [0.1, 0.15) is 0 Å². The first-order chi connectivity index (χ1) is 15.2. The van der Waals surface area contributed by atoms with E-state index < -0.39 is 21.2 Å². The fourth-order valence-electron chi connectivity index (χ4n) is 2.68. The molecule has 3 rings (SSSR count). The molecular formula is C21H15ClIN3O6. The number of nitro benzene ring substituents is 2. The zero-order valence-corrected chi connectivity index (χ0v) is 19.7. The minimum absolute atomic E-state index is 0.146. The van der Waals surface area contributed by atoms with Crippen LogP contribution in [0.5, 0.6) is 17.2 Å². The Labute approximate surface area is 201 Å². The minimum Gasteiger partial charge on any atom is -0.493 e. The quantitative estimate of drug-likeness (QED) is 0.137. The summed E-state index contributed by atoms with van der Waals surface area (Å²) in [6, 6.07) is 12.0. The lowest BCUT2D eigenvalue weighted by molar-refractivity contribution is -0.394. The molecule has 3 aromatic rings. The number of non-ortho nitro benzene ring substituents is 1. The molecule has 0 unspecified atom stereocenters. The first-order valence-corrected chi connectivity index (χ1v) is 10.4. The summed E-state index contributed by atoms with van der Waals surface area (Å²) in [6.07, 6.45) is 1.63. The Morgan fingerprint density at radius 2 is 1.78 bits per heavy atom. The fourth-order valence-corrected chi connectivity index (χ4v) is 3.59. The zero-order valence-electron chi connectivity index (χ0n) is 16.7. The Morgan fingerprint density at radius 1 is 1.03 bits per heavy atom. The molecule has 3 aromatic carbocycles. The molecule has 32 heavy (non-hydrogen) atoms. The predicted molar refractivity (Wildman–Crippen MR) is 129 cm³/mol. The number of ether oxygens (including phenoxy) is 2. The van der Waals surface area contributed by atoms with Gasteiger partial charge in [-0.2, -0.15) is 0 Å². The van der Waals surface area contributed by atoms with Gasteiger partial charge in [-0.05, 0) is 71.0 Å². The van der Waals surface area contributed by atoms with E-state index in [1.54, 1.807) is 24.4 Å². The number of benzene rings is 3. The zero-order chi connectivity index (χ0) is 23.4. The lowest BCUT2D eigenvalue weighted by atomic mass is 10.2. The molecule has 0 amide bonds. The van der Waals surface area contributed by atoms with Crippen LogP contribution in [0, 0.1) is 30.7 Å². The molecule has 0 N–H and O–H groups in total. The highest BCUT2D eigenvalue weighted by Crippen LogP contribution is 2.41. The van der Waals surface area contributed by atoms with Crippen LogP contribution < -0.4 is 9.47 Å². The predicted octanol–water partition coefficient (Wildman–Crippen LogP) is 6.62. The Hall–Kier alpha value is -3.25. The van der Waals surface area contributed by atoms with E-state index in [0.717, 1.165) is 17.7 Å². The summed E-state index contributed by atoms with van der Waals surface area (Å²) in [5.41, 5.74) is 1.39. The summed E-state index contributed by atoms with van der Waals surface area (Å²) in [7, 11) is 1.43. The van der Waals surface area contributed by atoms with Crippen LogP contribution in [0.25, 0.3) is 0 Å². The highest BCUT2D eigenvalue weighted by atomic mass is 127. The van der Waals surface area contributed by atoms with Gasteiger partial charge in [-0.1, -0.05) is 17.7 Å². The van der Waals surface area contributed by atoms with Gasteiger partial charge >= 0.3 is 5.69 Å². The van der Waals surface area contributed by atoms with Gasteiger partial charge < -0.3 is 9.47 Å². The van der Waals surface area contributed by atoms with Crippen LogP contribution in [0.2, 0.25) is 5.02 Å². The molecule has 0 aliphatic carbocycles. The van der Waals surface area contributed by atoms with E-state index in [2.05, 4.69) is 4.99 Å². The molecule has 0 aliphatic heterocycles. The van der Waals surface area contributed by atoms with E-state index >= 15 is 0 Å². The monoisotopic (exact) mass is 567 g/mol. The van der Waals surface area contributed by atoms with Gasteiger partial charge in [-0.15, -0.1) is 0 Å². The Morgan fingerprint density at radius 3 is 2.41 bits per heavy atom. The fraction of sp³-hybridized carbons (Fsp3) is 0.0952. The number of rotatable bonds is 7. The van der Waals surface area contributed by atoms with Gasteiger partial charge in [-0.3, -0.25) is 25.2 Å². The van der Waals surface area contributed by atoms with Crippen LogP contribution in [-0.2, 0) is 0 Å². The van der Waals surface area contributed by atoms with Gasteiger partial charge in [0, 0.05) is 17.3 Å². The van der Waals surface area contributed by atoms with Gasteiger partial charge in [0.15, 0.2) is 11.5 Å². The molecule has 0 atom stereocenters. The topological polar surface area (TPSA) is 117 Å². The summed E-state index contributed by atoms with van der Waals surface area (Å²) >= 11 is 8.14. The molecule has 0 aliphatic rings. The van der Waals surface area contributed by atoms with Crippen LogP contribution in [0.1, 0.15) is 11.1 Å². The highest BCUT2D eigenvalue weighted by molar-refractivity contribution is 14.1. The number of aliphatic imine (C=N–C) groups is 1. The Bertz CT molecular complexity index is 1250. The smallest absolute Gasteiger partial charge is 0.318 e. The van der Waals surface area contributed by atoms with E-state index in [4.69, 9.17) is 21.1 Å². The molecule has 0 fully saturated rings. The molecule has 0 heterocycles. The van der Waals surface area contributed by atoms with E-state index in [-0.39, 0.29) is 11.5 Å². The molecule has 9 nitrogen and oxygen atoms in total. The van der Waals surface area contributed by atoms with Gasteiger partial charge in [-0.25, -0.2) is 0 Å². The van der Waals surface area contributed by atoms with E-state index in [1.165, 1.54) is 13.2 Å². The van der Waals surface area contributed by atoms with Crippen LogP contribution >= 0.6 is 34.2 Å². The number of halogens is 2. The van der Waals surface area contributed by atoms with Crippen molar-refractivity contribution in [1.82, 2.24) is 0 Å². The van der Waals surface area contributed by atoms with E-state index in [9.17, 15) is 20.2 Å². The van der Waals surface area contributed by atoms with Gasteiger partial charge in [0.25, 0.3) is 5.69 Å². The lowest BCUT2D eigenvalue weighted by Crippen LogP contribution is -1.99. The second-order valence-electron chi connectivity index (χ2n) is 6.49. The summed E-state index contributed by atoms with van der Waals surface area (Å²) in [5.74, 6) is 0.404. The number of methoxy groups -OCH3 is 1. The van der Waals surface area contributed by atoms with Crippen molar-refractivity contribution in [1.29, 1.82) is 0 Å². The summed E-state index contributed by atoms with van der Waals surface area (Å²) in [4.78, 5) is 25.3. The van der Waals surface area contributed by atoms with Crippen molar-refractivity contribution in [2.75, 3.05) is 7.11 Å². The minimum atomic E-state index is -0.741. The molecule has 0 bridgehead atoms. The van der Waals surface area contributed by atoms with Crippen molar-refractivity contribution in [3.8, 4) is 17.2 Å². The van der Waals surface area contributed by atoms with Gasteiger partial charge in [0.05, 0.1) is 32.3 Å². The number of nitro groups is 2. The van der Waals surface area contributed by atoms with E-state index in [0.29, 0.717) is 25.6 Å². The lowest BCUT2D eigenvalue weighted by Gasteiger charge is -2.13. The van der Waals surface area contributed by atoms with Crippen molar-refractivity contribution in [2.45, 2.75) is 6.92 Å².